The van der Waals surface area contributed by atoms with E-state index in [-0.39, 0.29) is 30.0 Å². The van der Waals surface area contributed by atoms with Gasteiger partial charge in [0.2, 0.25) is 0 Å². The minimum atomic E-state index is -0.120. The van der Waals surface area contributed by atoms with Gasteiger partial charge in [0.15, 0.2) is 0 Å². The molecule has 6 nitrogen and oxygen atoms in total. The third-order valence-corrected chi connectivity index (χ3v) is 9.97. The first-order chi connectivity index (χ1) is 19.2. The number of ketones is 1. The molecular formula is C32H38Cl2N2O4. The van der Waals surface area contributed by atoms with Crippen LogP contribution in [0.4, 0.5) is 0 Å². The molecule has 0 heterocycles. The van der Waals surface area contributed by atoms with E-state index < -0.39 is 0 Å². The Bertz CT molecular complexity index is 1210. The fourth-order valence-electron chi connectivity index (χ4n) is 7.36. The van der Waals surface area contributed by atoms with Gasteiger partial charge in [-0.3, -0.25) is 14.4 Å². The maximum atomic E-state index is 12.2. The fourth-order valence-corrected chi connectivity index (χ4v) is 7.61. The summed E-state index contributed by atoms with van der Waals surface area (Å²) in [6.45, 7) is 4.19. The molecule has 0 bridgehead atoms. The molecule has 4 saturated carbocycles. The van der Waals surface area contributed by atoms with E-state index in [9.17, 15) is 19.5 Å². The Morgan fingerprint density at radius 1 is 0.750 bits per heavy atom. The number of fused-ring (bicyclic) bond motifs is 2. The molecule has 5 unspecified atom stereocenters. The number of nitrogens with one attached hydrogen (secondary N) is 2. The highest BCUT2D eigenvalue weighted by atomic mass is 35.5. The van der Waals surface area contributed by atoms with Crippen LogP contribution in [0.2, 0.25) is 10.0 Å². The van der Waals surface area contributed by atoms with Crippen molar-refractivity contribution in [3.8, 4) is 0 Å². The quantitative estimate of drug-likeness (QED) is 0.358. The molecule has 8 heteroatoms. The van der Waals surface area contributed by atoms with Crippen molar-refractivity contribution in [2.75, 3.05) is 0 Å². The lowest BCUT2D eigenvalue weighted by molar-refractivity contribution is -0.118. The molecule has 0 aliphatic heterocycles. The highest BCUT2D eigenvalue weighted by Crippen LogP contribution is 2.59. The Labute approximate surface area is 246 Å². The van der Waals surface area contributed by atoms with Gasteiger partial charge in [-0.2, -0.15) is 0 Å². The molecule has 40 heavy (non-hydrogen) atoms. The molecular weight excluding hydrogens is 547 g/mol. The van der Waals surface area contributed by atoms with Gasteiger partial charge < -0.3 is 15.7 Å². The predicted octanol–water partition coefficient (Wildman–Crippen LogP) is 5.94. The van der Waals surface area contributed by atoms with Crippen molar-refractivity contribution in [3.05, 3.63) is 69.7 Å². The van der Waals surface area contributed by atoms with E-state index in [0.29, 0.717) is 75.3 Å². The number of Topliss-reactive ketones (excluding diaryl/α,β-unsaturated/α-hetero) is 1. The van der Waals surface area contributed by atoms with Crippen molar-refractivity contribution in [2.24, 2.45) is 35.5 Å². The Balaban J connectivity index is 0.000000161. The smallest absolute Gasteiger partial charge is 0.251 e. The third-order valence-electron chi connectivity index (χ3n) is 9.47. The molecule has 0 saturated heterocycles. The first kappa shape index (κ1) is 29.1. The van der Waals surface area contributed by atoms with E-state index in [1.807, 2.05) is 0 Å². The number of hydrogen-bond donors (Lipinski definition) is 3. The molecule has 4 fully saturated rings. The third kappa shape index (κ3) is 6.40. The summed E-state index contributed by atoms with van der Waals surface area (Å²) in [4.78, 5) is 35.8. The monoisotopic (exact) mass is 584 g/mol. The average Bonchev–Trinajstić information content (AvgIpc) is 3.66. The van der Waals surface area contributed by atoms with Gasteiger partial charge in [0.25, 0.3) is 11.8 Å². The van der Waals surface area contributed by atoms with Gasteiger partial charge in [0.1, 0.15) is 5.78 Å². The predicted molar refractivity (Wildman–Crippen MR) is 156 cm³/mol. The molecule has 0 spiro atoms. The zero-order valence-corrected chi connectivity index (χ0v) is 24.5. The number of carbonyl (C=O) groups excluding carboxylic acids is 3. The van der Waals surface area contributed by atoms with Crippen LogP contribution in [-0.2, 0) is 4.79 Å². The zero-order chi connectivity index (χ0) is 28.6. The topological polar surface area (TPSA) is 95.5 Å². The van der Waals surface area contributed by atoms with Crippen molar-refractivity contribution in [2.45, 2.75) is 70.6 Å². The minimum absolute atomic E-state index is 0.0287. The first-order valence-electron chi connectivity index (χ1n) is 14.5. The molecule has 0 radical (unpaired) electrons. The molecule has 4 aliphatic carbocycles. The van der Waals surface area contributed by atoms with Crippen molar-refractivity contribution in [1.82, 2.24) is 10.6 Å². The van der Waals surface area contributed by atoms with Crippen LogP contribution in [0.25, 0.3) is 0 Å². The summed E-state index contributed by atoms with van der Waals surface area (Å²) in [5, 5.41) is 17.1. The van der Waals surface area contributed by atoms with Gasteiger partial charge in [0, 0.05) is 46.1 Å². The SMILES string of the molecule is CCC(NC(=O)c1ccc(Cl)cc1)C1[C@H]2CC(=O)C[C@@H]12.CCC(NC(=O)c1ccc(Cl)cc1)C1[C@H]2CC(O)C[C@@H]12. The maximum absolute atomic E-state index is 12.2. The first-order valence-corrected chi connectivity index (χ1v) is 15.3. The molecule has 2 aromatic carbocycles. The number of aliphatic hydroxyl groups excluding tert-OH is 1. The number of halogens is 2. The Hall–Kier alpha value is -2.41. The van der Waals surface area contributed by atoms with E-state index >= 15 is 0 Å². The van der Waals surface area contributed by atoms with Crippen molar-refractivity contribution in [1.29, 1.82) is 0 Å². The highest BCUT2D eigenvalue weighted by Gasteiger charge is 2.59. The number of carbonyl (C=O) groups is 3. The number of aliphatic hydroxyl groups is 1. The van der Waals surface area contributed by atoms with E-state index in [0.717, 1.165) is 25.7 Å². The van der Waals surface area contributed by atoms with Gasteiger partial charge in [-0.15, -0.1) is 0 Å². The van der Waals surface area contributed by atoms with Gasteiger partial charge in [-0.1, -0.05) is 37.0 Å². The van der Waals surface area contributed by atoms with Crippen LogP contribution in [0.3, 0.4) is 0 Å². The summed E-state index contributed by atoms with van der Waals surface area (Å²) in [6.07, 6.45) is 4.96. The van der Waals surface area contributed by atoms with Gasteiger partial charge in [0.05, 0.1) is 6.10 Å². The van der Waals surface area contributed by atoms with Crippen LogP contribution in [0.5, 0.6) is 0 Å². The maximum Gasteiger partial charge on any atom is 0.251 e. The van der Waals surface area contributed by atoms with Crippen LogP contribution >= 0.6 is 23.2 Å². The summed E-state index contributed by atoms with van der Waals surface area (Å²) in [6, 6.07) is 14.3. The number of amides is 2. The average molecular weight is 586 g/mol. The largest absolute Gasteiger partial charge is 0.393 e. The van der Waals surface area contributed by atoms with Crippen LogP contribution < -0.4 is 10.6 Å². The zero-order valence-electron chi connectivity index (χ0n) is 23.0. The van der Waals surface area contributed by atoms with Crippen LogP contribution in [0.1, 0.15) is 73.1 Å². The molecule has 9 atom stereocenters. The van der Waals surface area contributed by atoms with Crippen molar-refractivity contribution < 1.29 is 19.5 Å². The standard InChI is InChI=1S/C16H20ClNO2.C16H18ClNO2/c2*1-2-14(15-12-7-11(19)8-13(12)15)18-16(20)9-3-5-10(17)6-4-9/h3-6,11-15,19H,2,7-8H2,1H3,(H,18,20);3-6,12-15H,2,7-8H2,1H3,(H,18,20)/t11?,12-,13+,14?,15?;12-,13+,14?,15?. The second kappa shape index (κ2) is 12.2. The van der Waals surface area contributed by atoms with Crippen molar-refractivity contribution in [3.63, 3.8) is 0 Å². The normalized spacial score (nSPS) is 30.7. The molecule has 214 valence electrons. The number of benzene rings is 2. The summed E-state index contributed by atoms with van der Waals surface area (Å²) in [5.41, 5.74) is 1.29. The fraction of sp³-hybridized carbons (Fsp3) is 0.531. The van der Waals surface area contributed by atoms with Gasteiger partial charge in [-0.25, -0.2) is 0 Å². The van der Waals surface area contributed by atoms with E-state index in [1.54, 1.807) is 48.5 Å². The minimum Gasteiger partial charge on any atom is -0.393 e. The summed E-state index contributed by atoms with van der Waals surface area (Å²) in [5.74, 6) is 3.60. The lowest BCUT2D eigenvalue weighted by Gasteiger charge is -2.20. The van der Waals surface area contributed by atoms with Gasteiger partial charge >= 0.3 is 0 Å². The van der Waals surface area contributed by atoms with E-state index in [4.69, 9.17) is 23.2 Å². The summed E-state index contributed by atoms with van der Waals surface area (Å²) < 4.78 is 0. The number of rotatable bonds is 8. The molecule has 4 aliphatic rings. The lowest BCUT2D eigenvalue weighted by atomic mass is 10.0. The molecule has 2 aromatic rings. The lowest BCUT2D eigenvalue weighted by Crippen LogP contribution is -2.37. The molecule has 0 aromatic heterocycles. The Morgan fingerprint density at radius 3 is 1.50 bits per heavy atom. The highest BCUT2D eigenvalue weighted by molar-refractivity contribution is 6.31. The molecule has 6 rings (SSSR count). The molecule has 2 amide bonds. The number of hydrogen-bond acceptors (Lipinski definition) is 4. The second-order valence-corrected chi connectivity index (χ2v) is 12.7. The van der Waals surface area contributed by atoms with Crippen LogP contribution in [0.15, 0.2) is 48.5 Å². The molecule has 3 N–H and O–H groups in total. The van der Waals surface area contributed by atoms with E-state index in [1.165, 1.54) is 0 Å². The van der Waals surface area contributed by atoms with Crippen LogP contribution in [0, 0.1) is 35.5 Å². The Kier molecular flexibility index (Phi) is 8.89. The van der Waals surface area contributed by atoms with E-state index in [2.05, 4.69) is 24.5 Å². The van der Waals surface area contributed by atoms with Crippen LogP contribution in [-0.4, -0.2) is 40.9 Å². The summed E-state index contributed by atoms with van der Waals surface area (Å²) in [7, 11) is 0. The Morgan fingerprint density at radius 2 is 1.12 bits per heavy atom. The second-order valence-electron chi connectivity index (χ2n) is 11.9. The van der Waals surface area contributed by atoms with Crippen molar-refractivity contribution >= 4 is 40.8 Å². The van der Waals surface area contributed by atoms with Gasteiger partial charge in [-0.05, 0) is 110 Å². The summed E-state index contributed by atoms with van der Waals surface area (Å²) >= 11 is 11.7.